The van der Waals surface area contributed by atoms with Crippen LogP contribution in [0.4, 0.5) is 11.6 Å². The fourth-order valence-corrected chi connectivity index (χ4v) is 2.91. The molecule has 0 amide bonds. The molecule has 3 nitrogen and oxygen atoms in total. The van der Waals surface area contributed by atoms with Crippen molar-refractivity contribution >= 4 is 23.2 Å². The number of rotatable bonds is 2. The van der Waals surface area contributed by atoms with Crippen molar-refractivity contribution in [1.82, 2.24) is 9.97 Å². The molecule has 0 unspecified atom stereocenters. The number of benzene rings is 2. The Hall–Kier alpha value is -2.39. The Kier molecular flexibility index (Phi) is 3.28. The lowest BCUT2D eigenvalue weighted by Crippen LogP contribution is -2.08. The van der Waals surface area contributed by atoms with Crippen molar-refractivity contribution in [2.75, 3.05) is 5.32 Å². The zero-order valence-electron chi connectivity index (χ0n) is 11.9. The molecule has 0 saturated heterocycles. The van der Waals surface area contributed by atoms with Crippen LogP contribution < -0.4 is 5.32 Å². The first-order valence-corrected chi connectivity index (χ1v) is 7.64. The third-order valence-corrected chi connectivity index (χ3v) is 4.15. The van der Waals surface area contributed by atoms with Crippen LogP contribution in [0.1, 0.15) is 11.1 Å². The van der Waals surface area contributed by atoms with Gasteiger partial charge in [-0.25, -0.2) is 9.97 Å². The van der Waals surface area contributed by atoms with Gasteiger partial charge < -0.3 is 5.32 Å². The Morgan fingerprint density at radius 2 is 1.68 bits per heavy atom. The van der Waals surface area contributed by atoms with Crippen molar-refractivity contribution in [2.24, 2.45) is 0 Å². The van der Waals surface area contributed by atoms with Gasteiger partial charge in [-0.05, 0) is 48.2 Å². The maximum Gasteiger partial charge on any atom is 0.227 e. The van der Waals surface area contributed by atoms with E-state index in [4.69, 9.17) is 16.6 Å². The van der Waals surface area contributed by atoms with E-state index in [-0.39, 0.29) is 0 Å². The lowest BCUT2D eigenvalue weighted by atomic mass is 9.90. The summed E-state index contributed by atoms with van der Waals surface area (Å²) in [5, 5.41) is 3.94. The van der Waals surface area contributed by atoms with Crippen LogP contribution in [0, 0.1) is 0 Å². The predicted molar refractivity (Wildman–Crippen MR) is 89.6 cm³/mol. The van der Waals surface area contributed by atoms with Gasteiger partial charge in [0.15, 0.2) is 0 Å². The first kappa shape index (κ1) is 13.3. The molecule has 22 heavy (non-hydrogen) atoms. The highest BCUT2D eigenvalue weighted by Gasteiger charge is 2.17. The highest BCUT2D eigenvalue weighted by molar-refractivity contribution is 6.30. The summed E-state index contributed by atoms with van der Waals surface area (Å²) in [6.45, 7) is 0. The largest absolute Gasteiger partial charge is 0.324 e. The van der Waals surface area contributed by atoms with Gasteiger partial charge in [-0.15, -0.1) is 0 Å². The number of nitrogens with one attached hydrogen (secondary N) is 1. The molecule has 3 aromatic rings. The predicted octanol–water partition coefficient (Wildman–Crippen LogP) is 4.64. The number of fused-ring (bicyclic) bond motifs is 3. The molecule has 2 aromatic carbocycles. The van der Waals surface area contributed by atoms with Gasteiger partial charge in [0, 0.05) is 22.5 Å². The minimum atomic E-state index is 0.609. The molecule has 0 saturated carbocycles. The minimum absolute atomic E-state index is 0.609. The summed E-state index contributed by atoms with van der Waals surface area (Å²) in [6, 6.07) is 16.0. The second-order valence-corrected chi connectivity index (χ2v) is 5.79. The molecule has 0 atom stereocenters. The average molecular weight is 308 g/mol. The van der Waals surface area contributed by atoms with Gasteiger partial charge in [0.1, 0.15) is 0 Å². The molecular weight excluding hydrogens is 294 g/mol. The number of hydrogen-bond acceptors (Lipinski definition) is 3. The van der Waals surface area contributed by atoms with Gasteiger partial charge in [-0.3, -0.25) is 0 Å². The monoisotopic (exact) mass is 307 g/mol. The summed E-state index contributed by atoms with van der Waals surface area (Å²) >= 11 is 5.91. The Morgan fingerprint density at radius 1 is 0.909 bits per heavy atom. The summed E-state index contributed by atoms with van der Waals surface area (Å²) < 4.78 is 0. The van der Waals surface area contributed by atoms with E-state index < -0.39 is 0 Å². The number of aromatic nitrogens is 2. The van der Waals surface area contributed by atoms with Crippen molar-refractivity contribution < 1.29 is 0 Å². The SMILES string of the molecule is Clc1ccc(Nc2ncc3c(n2)-c2ccccc2CC3)cc1. The number of nitrogens with zero attached hydrogens (tertiary/aromatic N) is 2. The molecule has 0 bridgehead atoms. The Balaban J connectivity index is 1.71. The third kappa shape index (κ3) is 2.44. The molecule has 0 aliphatic heterocycles. The van der Waals surface area contributed by atoms with Gasteiger partial charge in [-0.1, -0.05) is 35.9 Å². The number of anilines is 2. The van der Waals surface area contributed by atoms with Crippen molar-refractivity contribution in [3.63, 3.8) is 0 Å². The van der Waals surface area contributed by atoms with E-state index in [9.17, 15) is 0 Å². The Morgan fingerprint density at radius 3 is 2.55 bits per heavy atom. The number of halogens is 1. The summed E-state index contributed by atoms with van der Waals surface area (Å²) in [7, 11) is 0. The normalized spacial score (nSPS) is 12.4. The van der Waals surface area contributed by atoms with E-state index in [2.05, 4.69) is 34.6 Å². The fraction of sp³-hybridized carbons (Fsp3) is 0.111. The molecule has 0 fully saturated rings. The summed E-state index contributed by atoms with van der Waals surface area (Å²) in [5.41, 5.74) is 5.73. The number of aryl methyl sites for hydroxylation is 2. The smallest absolute Gasteiger partial charge is 0.227 e. The van der Waals surface area contributed by atoms with Crippen LogP contribution in [0.5, 0.6) is 0 Å². The standard InChI is InChI=1S/C18H14ClN3/c19-14-7-9-15(10-8-14)21-18-20-11-13-6-5-12-3-1-2-4-16(12)17(13)22-18/h1-4,7-11H,5-6H2,(H,20,21,22). The minimum Gasteiger partial charge on any atom is -0.324 e. The number of hydrogen-bond donors (Lipinski definition) is 1. The molecule has 1 aromatic heterocycles. The summed E-state index contributed by atoms with van der Waals surface area (Å²) in [6.07, 6.45) is 3.97. The average Bonchev–Trinajstić information content (AvgIpc) is 2.57. The second-order valence-electron chi connectivity index (χ2n) is 5.36. The van der Waals surface area contributed by atoms with Crippen LogP contribution in [0.3, 0.4) is 0 Å². The summed E-state index contributed by atoms with van der Waals surface area (Å²) in [5.74, 6) is 0.609. The fourth-order valence-electron chi connectivity index (χ4n) is 2.78. The first-order chi connectivity index (χ1) is 10.8. The van der Waals surface area contributed by atoms with E-state index >= 15 is 0 Å². The van der Waals surface area contributed by atoms with Gasteiger partial charge in [0.05, 0.1) is 5.69 Å². The van der Waals surface area contributed by atoms with E-state index in [0.29, 0.717) is 11.0 Å². The van der Waals surface area contributed by atoms with Gasteiger partial charge in [-0.2, -0.15) is 0 Å². The molecule has 4 heteroatoms. The second kappa shape index (κ2) is 5.43. The van der Waals surface area contributed by atoms with Crippen LogP contribution in [0.15, 0.2) is 54.7 Å². The van der Waals surface area contributed by atoms with Crippen molar-refractivity contribution in [1.29, 1.82) is 0 Å². The third-order valence-electron chi connectivity index (χ3n) is 3.90. The lowest BCUT2D eigenvalue weighted by molar-refractivity contribution is 0.912. The van der Waals surface area contributed by atoms with Crippen LogP contribution >= 0.6 is 11.6 Å². The van der Waals surface area contributed by atoms with Crippen LogP contribution in [-0.4, -0.2) is 9.97 Å². The molecular formula is C18H14ClN3. The van der Waals surface area contributed by atoms with Crippen molar-refractivity contribution in [3.05, 3.63) is 70.9 Å². The molecule has 4 rings (SSSR count). The van der Waals surface area contributed by atoms with Gasteiger partial charge >= 0.3 is 0 Å². The molecule has 108 valence electrons. The van der Waals surface area contributed by atoms with Crippen molar-refractivity contribution in [2.45, 2.75) is 12.8 Å². The zero-order chi connectivity index (χ0) is 14.9. The van der Waals surface area contributed by atoms with E-state index in [1.54, 1.807) is 0 Å². The quantitative estimate of drug-likeness (QED) is 0.749. The molecule has 0 spiro atoms. The highest BCUT2D eigenvalue weighted by atomic mass is 35.5. The molecule has 1 heterocycles. The highest BCUT2D eigenvalue weighted by Crippen LogP contribution is 2.32. The van der Waals surface area contributed by atoms with E-state index in [0.717, 1.165) is 24.2 Å². The first-order valence-electron chi connectivity index (χ1n) is 7.26. The molecule has 0 radical (unpaired) electrons. The van der Waals surface area contributed by atoms with Crippen LogP contribution in [0.2, 0.25) is 5.02 Å². The topological polar surface area (TPSA) is 37.8 Å². The zero-order valence-corrected chi connectivity index (χ0v) is 12.6. The summed E-state index contributed by atoms with van der Waals surface area (Å²) in [4.78, 5) is 9.14. The van der Waals surface area contributed by atoms with Crippen LogP contribution in [-0.2, 0) is 12.8 Å². The maximum absolute atomic E-state index is 5.91. The maximum atomic E-state index is 5.91. The van der Waals surface area contributed by atoms with E-state index in [1.807, 2.05) is 30.5 Å². The van der Waals surface area contributed by atoms with Crippen LogP contribution in [0.25, 0.3) is 11.3 Å². The molecule has 1 aliphatic rings. The molecule has 1 aliphatic carbocycles. The lowest BCUT2D eigenvalue weighted by Gasteiger charge is -2.19. The van der Waals surface area contributed by atoms with Gasteiger partial charge in [0.25, 0.3) is 0 Å². The van der Waals surface area contributed by atoms with E-state index in [1.165, 1.54) is 16.7 Å². The molecule has 1 N–H and O–H groups in total. The Labute approximate surface area is 134 Å². The van der Waals surface area contributed by atoms with Gasteiger partial charge in [0.2, 0.25) is 5.95 Å². The Bertz CT molecular complexity index is 828. The van der Waals surface area contributed by atoms with Crippen molar-refractivity contribution in [3.8, 4) is 11.3 Å².